The number of halogens is 3. The Bertz CT molecular complexity index is 538. The molecule has 0 bridgehead atoms. The Balaban J connectivity index is 2.32. The molecule has 2 nitrogen and oxygen atoms in total. The molecule has 0 aromatic heterocycles. The number of anilines is 3. The first-order chi connectivity index (χ1) is 8.06. The molecule has 0 amide bonds. The molecule has 3 N–H and O–H groups in total. The van der Waals surface area contributed by atoms with Gasteiger partial charge in [0.2, 0.25) is 0 Å². The van der Waals surface area contributed by atoms with Gasteiger partial charge < -0.3 is 11.1 Å². The van der Waals surface area contributed by atoms with Crippen LogP contribution in [0.15, 0.2) is 36.4 Å². The van der Waals surface area contributed by atoms with Crippen LogP contribution >= 0.6 is 0 Å². The van der Waals surface area contributed by atoms with Crippen LogP contribution in [0.1, 0.15) is 0 Å². The molecule has 2 aromatic rings. The number of nitrogens with one attached hydrogen (secondary N) is 1. The van der Waals surface area contributed by atoms with E-state index in [1.165, 1.54) is 0 Å². The summed E-state index contributed by atoms with van der Waals surface area (Å²) in [5, 5.41) is 2.57. The third-order valence-corrected chi connectivity index (χ3v) is 2.18. The van der Waals surface area contributed by atoms with Crippen LogP contribution in [0.4, 0.5) is 30.2 Å². The van der Waals surface area contributed by atoms with Gasteiger partial charge in [-0.15, -0.1) is 0 Å². The van der Waals surface area contributed by atoms with Crippen LogP contribution in [0.3, 0.4) is 0 Å². The van der Waals surface area contributed by atoms with Crippen LogP contribution in [0, 0.1) is 17.5 Å². The van der Waals surface area contributed by atoms with Gasteiger partial charge in [0.05, 0.1) is 5.69 Å². The van der Waals surface area contributed by atoms with E-state index in [0.29, 0.717) is 17.4 Å². The van der Waals surface area contributed by atoms with Crippen molar-refractivity contribution in [2.45, 2.75) is 0 Å². The molecule has 0 spiro atoms. The fourth-order valence-corrected chi connectivity index (χ4v) is 1.37. The molecule has 0 aliphatic heterocycles. The van der Waals surface area contributed by atoms with Crippen LogP contribution in [-0.4, -0.2) is 0 Å². The summed E-state index contributed by atoms with van der Waals surface area (Å²) in [6.45, 7) is 0. The zero-order chi connectivity index (χ0) is 12.4. The highest BCUT2D eigenvalue weighted by atomic mass is 19.2. The minimum absolute atomic E-state index is 0.257. The molecule has 0 saturated carbocycles. The van der Waals surface area contributed by atoms with Gasteiger partial charge in [0.15, 0.2) is 11.6 Å². The molecule has 2 rings (SSSR count). The minimum atomic E-state index is -1.23. The highest BCUT2D eigenvalue weighted by molar-refractivity contribution is 5.62. The predicted octanol–water partition coefficient (Wildman–Crippen LogP) is 3.43. The standard InChI is InChI=1S/C12H9F3N2/c13-7-5-10(14)12(15)11(6-7)17-9-3-1-8(16)2-4-9/h1-6,17H,16H2. The Hall–Kier alpha value is -2.17. The lowest BCUT2D eigenvalue weighted by molar-refractivity contribution is 0.498. The van der Waals surface area contributed by atoms with E-state index in [2.05, 4.69) is 5.32 Å². The lowest BCUT2D eigenvalue weighted by Gasteiger charge is -2.08. The Morgan fingerprint density at radius 3 is 2.24 bits per heavy atom. The zero-order valence-electron chi connectivity index (χ0n) is 8.68. The van der Waals surface area contributed by atoms with Gasteiger partial charge >= 0.3 is 0 Å². The summed E-state index contributed by atoms with van der Waals surface area (Å²) >= 11 is 0. The summed E-state index contributed by atoms with van der Waals surface area (Å²) < 4.78 is 39.2. The Morgan fingerprint density at radius 2 is 1.59 bits per heavy atom. The molecule has 2 aromatic carbocycles. The van der Waals surface area contributed by atoms with Crippen LogP contribution in [0.25, 0.3) is 0 Å². The van der Waals surface area contributed by atoms with Gasteiger partial charge in [-0.3, -0.25) is 0 Å². The lowest BCUT2D eigenvalue weighted by Crippen LogP contribution is -1.98. The second kappa shape index (κ2) is 4.37. The highest BCUT2D eigenvalue weighted by Gasteiger charge is 2.10. The van der Waals surface area contributed by atoms with Crippen LogP contribution in [0.2, 0.25) is 0 Å². The molecule has 0 radical (unpaired) electrons. The SMILES string of the molecule is Nc1ccc(Nc2cc(F)cc(F)c2F)cc1. The second-order valence-electron chi connectivity index (χ2n) is 3.50. The maximum absolute atomic E-state index is 13.3. The van der Waals surface area contributed by atoms with Gasteiger partial charge in [0, 0.05) is 23.5 Å². The van der Waals surface area contributed by atoms with E-state index in [-0.39, 0.29) is 5.69 Å². The van der Waals surface area contributed by atoms with Gasteiger partial charge in [-0.05, 0) is 24.3 Å². The highest BCUT2D eigenvalue weighted by Crippen LogP contribution is 2.23. The van der Waals surface area contributed by atoms with Crippen molar-refractivity contribution in [3.63, 3.8) is 0 Å². The third-order valence-electron chi connectivity index (χ3n) is 2.18. The van der Waals surface area contributed by atoms with Crippen molar-refractivity contribution in [3.05, 3.63) is 53.8 Å². The third kappa shape index (κ3) is 2.50. The minimum Gasteiger partial charge on any atom is -0.399 e. The van der Waals surface area contributed by atoms with Gasteiger partial charge in [0.1, 0.15) is 5.82 Å². The van der Waals surface area contributed by atoms with Gasteiger partial charge in [-0.1, -0.05) is 0 Å². The first-order valence-corrected chi connectivity index (χ1v) is 4.83. The molecule has 88 valence electrons. The average Bonchev–Trinajstić information content (AvgIpc) is 2.28. The number of nitrogens with two attached hydrogens (primary N) is 1. The molecule has 0 unspecified atom stereocenters. The van der Waals surface area contributed by atoms with Crippen molar-refractivity contribution in [2.75, 3.05) is 11.1 Å². The van der Waals surface area contributed by atoms with Crippen LogP contribution < -0.4 is 11.1 Å². The molecule has 0 saturated heterocycles. The fourth-order valence-electron chi connectivity index (χ4n) is 1.37. The first-order valence-electron chi connectivity index (χ1n) is 4.83. The summed E-state index contributed by atoms with van der Waals surface area (Å²) in [6, 6.07) is 7.72. The van der Waals surface area contributed by atoms with Gasteiger partial charge in [-0.2, -0.15) is 0 Å². The van der Waals surface area contributed by atoms with E-state index in [9.17, 15) is 13.2 Å². The molecule has 0 fully saturated rings. The number of nitrogen functional groups attached to an aromatic ring is 1. The van der Waals surface area contributed by atoms with E-state index in [1.54, 1.807) is 24.3 Å². The Kier molecular flexibility index (Phi) is 2.91. The van der Waals surface area contributed by atoms with Crippen molar-refractivity contribution >= 4 is 17.1 Å². The molecule has 17 heavy (non-hydrogen) atoms. The summed E-state index contributed by atoms with van der Waals surface area (Å²) in [5.41, 5.74) is 6.25. The Morgan fingerprint density at radius 1 is 0.941 bits per heavy atom. The van der Waals surface area contributed by atoms with E-state index in [4.69, 9.17) is 5.73 Å². The molecular weight excluding hydrogens is 229 g/mol. The quantitative estimate of drug-likeness (QED) is 0.621. The smallest absolute Gasteiger partial charge is 0.182 e. The van der Waals surface area contributed by atoms with E-state index >= 15 is 0 Å². The summed E-state index contributed by atoms with van der Waals surface area (Å²) in [4.78, 5) is 0. The van der Waals surface area contributed by atoms with Crippen molar-refractivity contribution in [1.29, 1.82) is 0 Å². The van der Waals surface area contributed by atoms with Crippen molar-refractivity contribution < 1.29 is 13.2 Å². The lowest BCUT2D eigenvalue weighted by atomic mass is 10.2. The topological polar surface area (TPSA) is 38.0 Å². The number of hydrogen-bond acceptors (Lipinski definition) is 2. The van der Waals surface area contributed by atoms with Crippen LogP contribution in [-0.2, 0) is 0 Å². The van der Waals surface area contributed by atoms with E-state index in [0.717, 1.165) is 6.07 Å². The molecule has 0 aliphatic rings. The molecule has 5 heteroatoms. The monoisotopic (exact) mass is 238 g/mol. The molecule has 0 heterocycles. The van der Waals surface area contributed by atoms with Gasteiger partial charge in [-0.25, -0.2) is 13.2 Å². The van der Waals surface area contributed by atoms with Crippen molar-refractivity contribution in [2.24, 2.45) is 0 Å². The number of hydrogen-bond donors (Lipinski definition) is 2. The normalized spacial score (nSPS) is 10.3. The van der Waals surface area contributed by atoms with Crippen molar-refractivity contribution in [3.8, 4) is 0 Å². The molecule has 0 aliphatic carbocycles. The summed E-state index contributed by atoms with van der Waals surface area (Å²) in [6.07, 6.45) is 0. The van der Waals surface area contributed by atoms with E-state index < -0.39 is 17.5 Å². The fraction of sp³-hybridized carbons (Fsp3) is 0. The van der Waals surface area contributed by atoms with E-state index in [1.807, 2.05) is 0 Å². The van der Waals surface area contributed by atoms with Gasteiger partial charge in [0.25, 0.3) is 0 Å². The first kappa shape index (κ1) is 11.3. The summed E-state index contributed by atoms with van der Waals surface area (Å²) in [7, 11) is 0. The number of rotatable bonds is 2. The predicted molar refractivity (Wildman–Crippen MR) is 60.5 cm³/mol. The Labute approximate surface area is 95.9 Å². The van der Waals surface area contributed by atoms with Crippen molar-refractivity contribution in [1.82, 2.24) is 0 Å². The molecule has 0 atom stereocenters. The van der Waals surface area contributed by atoms with Crippen LogP contribution in [0.5, 0.6) is 0 Å². The average molecular weight is 238 g/mol. The summed E-state index contributed by atoms with van der Waals surface area (Å²) in [5.74, 6) is -3.20. The number of benzene rings is 2. The molecular formula is C12H9F3N2. The maximum atomic E-state index is 13.3. The maximum Gasteiger partial charge on any atom is 0.182 e. The second-order valence-corrected chi connectivity index (χ2v) is 3.50. The zero-order valence-corrected chi connectivity index (χ0v) is 8.68. The largest absolute Gasteiger partial charge is 0.399 e.